The van der Waals surface area contributed by atoms with Crippen molar-refractivity contribution >= 4 is 23.2 Å². The molecule has 1 unspecified atom stereocenters. The molecule has 1 aliphatic rings. The topological polar surface area (TPSA) is 78.9 Å². The number of carbonyl (C=O) groups is 1. The lowest BCUT2D eigenvalue weighted by atomic mass is 9.74. The number of rotatable bonds is 9. The first kappa shape index (κ1) is 22.2. The van der Waals surface area contributed by atoms with Crippen molar-refractivity contribution in [2.45, 2.75) is 18.4 Å². The maximum Gasteiger partial charge on any atom is 0.239 e. The lowest BCUT2D eigenvalue weighted by Gasteiger charge is -2.41. The zero-order valence-electron chi connectivity index (χ0n) is 17.2. The molecule has 7 nitrogen and oxygen atoms in total. The van der Waals surface area contributed by atoms with Crippen LogP contribution >= 0.6 is 11.6 Å². The number of nitrogens with one attached hydrogen (secondary N) is 1. The number of anilines is 1. The van der Waals surface area contributed by atoms with E-state index in [-0.39, 0.29) is 37.0 Å². The van der Waals surface area contributed by atoms with E-state index in [1.54, 1.807) is 7.11 Å². The van der Waals surface area contributed by atoms with Crippen molar-refractivity contribution in [3.63, 3.8) is 0 Å². The summed E-state index contributed by atoms with van der Waals surface area (Å²) in [5, 5.41) is 3.15. The highest BCUT2D eigenvalue weighted by Gasteiger charge is 2.49. The molecule has 1 aliphatic heterocycles. The Kier molecular flexibility index (Phi) is 7.10. The molecule has 1 saturated heterocycles. The summed E-state index contributed by atoms with van der Waals surface area (Å²) in [5.74, 6) is 0.478. The molecule has 1 atom stereocenters. The molecule has 2 heterocycles. The van der Waals surface area contributed by atoms with E-state index in [2.05, 4.69) is 16.9 Å². The van der Waals surface area contributed by atoms with Crippen LogP contribution in [0.5, 0.6) is 5.75 Å². The number of aromatic nitrogens is 1. The maximum atomic E-state index is 13.4. The quantitative estimate of drug-likeness (QED) is 0.478. The fourth-order valence-electron chi connectivity index (χ4n) is 3.31. The average Bonchev–Trinajstić information content (AvgIpc) is 2.69. The van der Waals surface area contributed by atoms with Crippen molar-refractivity contribution in [3.8, 4) is 5.75 Å². The van der Waals surface area contributed by atoms with Crippen LogP contribution in [-0.2, 0) is 24.4 Å². The Labute approximate surface area is 180 Å². The minimum atomic E-state index is -0.843. The van der Waals surface area contributed by atoms with Gasteiger partial charge in [-0.25, -0.2) is 4.98 Å². The number of hydrogen-bond acceptors (Lipinski definition) is 6. The molecule has 0 bridgehead atoms. The van der Waals surface area contributed by atoms with Crippen molar-refractivity contribution < 1.29 is 23.7 Å². The fraction of sp³-hybridized carbons (Fsp3) is 0.364. The Balaban J connectivity index is 1.91. The van der Waals surface area contributed by atoms with Crippen LogP contribution in [0.3, 0.4) is 0 Å². The summed E-state index contributed by atoms with van der Waals surface area (Å²) in [7, 11) is 3.18. The largest absolute Gasteiger partial charge is 0.458 e. The number of amides is 1. The minimum Gasteiger partial charge on any atom is -0.458 e. The van der Waals surface area contributed by atoms with Gasteiger partial charge in [0.25, 0.3) is 0 Å². The standard InChI is InChI=1S/C22H25ClN2O5/c1-14(11-27-3)30-19-9-20(23)24-10-18(19)25-21(26)22(12-29-13-22)17-8-6-5-7-16(17)15(2)28-4/h5-10,15H,1,11-13H2,2-4H3,(H,25,26). The van der Waals surface area contributed by atoms with Gasteiger partial charge < -0.3 is 24.3 Å². The normalized spacial score (nSPS) is 15.7. The smallest absolute Gasteiger partial charge is 0.239 e. The summed E-state index contributed by atoms with van der Waals surface area (Å²) >= 11 is 6.01. The molecule has 0 spiro atoms. The van der Waals surface area contributed by atoms with Gasteiger partial charge in [-0.1, -0.05) is 42.4 Å². The van der Waals surface area contributed by atoms with Crippen LogP contribution in [0.4, 0.5) is 5.69 Å². The van der Waals surface area contributed by atoms with Gasteiger partial charge in [0.05, 0.1) is 25.5 Å². The number of halogens is 1. The van der Waals surface area contributed by atoms with Crippen molar-refractivity contribution in [2.24, 2.45) is 0 Å². The van der Waals surface area contributed by atoms with Crippen molar-refractivity contribution in [3.05, 3.63) is 65.1 Å². The Hall–Kier alpha value is -2.45. The molecule has 160 valence electrons. The van der Waals surface area contributed by atoms with Gasteiger partial charge in [-0.05, 0) is 18.1 Å². The van der Waals surface area contributed by atoms with Crippen LogP contribution in [0.1, 0.15) is 24.2 Å². The molecule has 3 rings (SSSR count). The summed E-state index contributed by atoms with van der Waals surface area (Å²) in [6.07, 6.45) is 1.28. The molecule has 0 saturated carbocycles. The van der Waals surface area contributed by atoms with E-state index in [0.717, 1.165) is 11.1 Å². The number of methoxy groups -OCH3 is 2. The first-order chi connectivity index (χ1) is 14.4. The highest BCUT2D eigenvalue weighted by atomic mass is 35.5. The molecule has 2 aromatic rings. The summed E-state index contributed by atoms with van der Waals surface area (Å²) < 4.78 is 21.7. The first-order valence-corrected chi connectivity index (χ1v) is 9.80. The molecule has 1 aromatic carbocycles. The van der Waals surface area contributed by atoms with E-state index >= 15 is 0 Å². The number of hydrogen-bond donors (Lipinski definition) is 1. The number of ether oxygens (including phenoxy) is 4. The third kappa shape index (κ3) is 4.49. The molecule has 8 heteroatoms. The monoisotopic (exact) mass is 432 g/mol. The second-order valence-corrected chi connectivity index (χ2v) is 7.46. The summed E-state index contributed by atoms with van der Waals surface area (Å²) in [6.45, 7) is 6.47. The second kappa shape index (κ2) is 9.57. The van der Waals surface area contributed by atoms with Gasteiger partial charge in [0.2, 0.25) is 5.91 Å². The van der Waals surface area contributed by atoms with Crippen LogP contribution in [0.2, 0.25) is 5.15 Å². The summed E-state index contributed by atoms with van der Waals surface area (Å²) in [6, 6.07) is 9.25. The SMILES string of the molecule is C=C(COC)Oc1cc(Cl)ncc1NC(=O)C1(c2ccccc2C(C)OC)COC1. The molecule has 1 amide bonds. The summed E-state index contributed by atoms with van der Waals surface area (Å²) in [4.78, 5) is 17.5. The molecule has 1 fully saturated rings. The van der Waals surface area contributed by atoms with Gasteiger partial charge in [0.1, 0.15) is 28.6 Å². The van der Waals surface area contributed by atoms with Crippen LogP contribution in [0.15, 0.2) is 48.9 Å². The van der Waals surface area contributed by atoms with E-state index in [4.69, 9.17) is 30.5 Å². The van der Waals surface area contributed by atoms with Crippen molar-refractivity contribution in [1.82, 2.24) is 4.98 Å². The molecule has 1 N–H and O–H groups in total. The van der Waals surface area contributed by atoms with Crippen LogP contribution in [0.25, 0.3) is 0 Å². The van der Waals surface area contributed by atoms with Gasteiger partial charge >= 0.3 is 0 Å². The average molecular weight is 433 g/mol. The Morgan fingerprint density at radius 1 is 1.37 bits per heavy atom. The lowest BCUT2D eigenvalue weighted by Crippen LogP contribution is -2.56. The Morgan fingerprint density at radius 3 is 2.73 bits per heavy atom. The van der Waals surface area contributed by atoms with Crippen molar-refractivity contribution in [2.75, 3.05) is 39.4 Å². The van der Waals surface area contributed by atoms with Crippen LogP contribution in [0, 0.1) is 0 Å². The van der Waals surface area contributed by atoms with E-state index in [0.29, 0.717) is 17.2 Å². The van der Waals surface area contributed by atoms with Gasteiger partial charge in [0.15, 0.2) is 5.75 Å². The Bertz CT molecular complexity index is 929. The Morgan fingerprint density at radius 2 is 2.10 bits per heavy atom. The molecular formula is C22H25ClN2O5. The molecular weight excluding hydrogens is 408 g/mol. The number of pyridine rings is 1. The number of carbonyl (C=O) groups excluding carboxylic acids is 1. The predicted molar refractivity (Wildman–Crippen MR) is 114 cm³/mol. The fourth-order valence-corrected chi connectivity index (χ4v) is 3.46. The zero-order chi connectivity index (χ0) is 21.7. The predicted octanol–water partition coefficient (Wildman–Crippen LogP) is 3.89. The number of benzene rings is 1. The molecule has 0 aliphatic carbocycles. The highest BCUT2D eigenvalue weighted by molar-refractivity contribution is 6.29. The maximum absolute atomic E-state index is 13.4. The second-order valence-electron chi connectivity index (χ2n) is 7.07. The van der Waals surface area contributed by atoms with Gasteiger partial charge in [-0.2, -0.15) is 0 Å². The first-order valence-electron chi connectivity index (χ1n) is 9.42. The number of nitrogens with zero attached hydrogens (tertiary/aromatic N) is 1. The van der Waals surface area contributed by atoms with Gasteiger partial charge in [0, 0.05) is 20.3 Å². The van der Waals surface area contributed by atoms with E-state index in [9.17, 15) is 4.79 Å². The van der Waals surface area contributed by atoms with Gasteiger partial charge in [-0.3, -0.25) is 4.79 Å². The minimum absolute atomic E-state index is 0.167. The van der Waals surface area contributed by atoms with E-state index < -0.39 is 5.41 Å². The molecule has 0 radical (unpaired) electrons. The lowest BCUT2D eigenvalue weighted by molar-refractivity contribution is -0.139. The van der Waals surface area contributed by atoms with Crippen molar-refractivity contribution in [1.29, 1.82) is 0 Å². The van der Waals surface area contributed by atoms with E-state index in [1.165, 1.54) is 19.4 Å². The third-order valence-corrected chi connectivity index (χ3v) is 5.25. The van der Waals surface area contributed by atoms with Gasteiger partial charge in [-0.15, -0.1) is 0 Å². The molecule has 30 heavy (non-hydrogen) atoms. The van der Waals surface area contributed by atoms with Crippen LogP contribution < -0.4 is 10.1 Å². The zero-order valence-corrected chi connectivity index (χ0v) is 18.0. The summed E-state index contributed by atoms with van der Waals surface area (Å²) in [5.41, 5.74) is 1.35. The highest BCUT2D eigenvalue weighted by Crippen LogP contribution is 2.39. The third-order valence-electron chi connectivity index (χ3n) is 5.04. The van der Waals surface area contributed by atoms with E-state index in [1.807, 2.05) is 31.2 Å². The van der Waals surface area contributed by atoms with Crippen LogP contribution in [-0.4, -0.2) is 44.9 Å². The molecule has 1 aromatic heterocycles.